The zero-order chi connectivity index (χ0) is 12.6. The van der Waals surface area contributed by atoms with Gasteiger partial charge in [0.15, 0.2) is 0 Å². The first-order valence-electron chi connectivity index (χ1n) is 6.42. The van der Waals surface area contributed by atoms with E-state index in [2.05, 4.69) is 12.2 Å². The van der Waals surface area contributed by atoms with E-state index in [0.29, 0.717) is 39.2 Å². The number of carbonyl (C=O) groups excluding carboxylic acids is 1. The Hall–Kier alpha value is -0.650. The summed E-state index contributed by atoms with van der Waals surface area (Å²) in [5, 5.41) is 2.87. The predicted octanol–water partition coefficient (Wildman–Crippen LogP) is 0.427. The molecule has 0 saturated carbocycles. The molecule has 0 radical (unpaired) electrons. The van der Waals surface area contributed by atoms with Crippen molar-refractivity contribution in [2.24, 2.45) is 5.73 Å². The minimum absolute atomic E-state index is 0.0590. The molecule has 5 heteroatoms. The number of rotatable bonds is 7. The number of amides is 1. The van der Waals surface area contributed by atoms with E-state index in [4.69, 9.17) is 15.2 Å². The van der Waals surface area contributed by atoms with Gasteiger partial charge in [-0.05, 0) is 25.7 Å². The van der Waals surface area contributed by atoms with Gasteiger partial charge >= 0.3 is 0 Å². The van der Waals surface area contributed by atoms with Gasteiger partial charge in [-0.25, -0.2) is 0 Å². The Morgan fingerprint density at radius 2 is 2.12 bits per heavy atom. The van der Waals surface area contributed by atoms with Crippen molar-refractivity contribution < 1.29 is 14.3 Å². The molecule has 17 heavy (non-hydrogen) atoms. The highest BCUT2D eigenvalue weighted by atomic mass is 16.5. The van der Waals surface area contributed by atoms with E-state index >= 15 is 0 Å². The Labute approximate surface area is 103 Å². The summed E-state index contributed by atoms with van der Waals surface area (Å²) in [5.41, 5.74) is 5.31. The van der Waals surface area contributed by atoms with E-state index in [1.165, 1.54) is 0 Å². The number of nitrogens with one attached hydrogen (secondary N) is 1. The summed E-state index contributed by atoms with van der Waals surface area (Å²) in [6.07, 6.45) is 3.06. The lowest BCUT2D eigenvalue weighted by atomic mass is 9.90. The van der Waals surface area contributed by atoms with Gasteiger partial charge in [-0.3, -0.25) is 4.79 Å². The zero-order valence-corrected chi connectivity index (χ0v) is 10.7. The second-order valence-corrected chi connectivity index (χ2v) is 4.49. The van der Waals surface area contributed by atoms with Gasteiger partial charge in [0.25, 0.3) is 0 Å². The van der Waals surface area contributed by atoms with Crippen LogP contribution in [0.3, 0.4) is 0 Å². The lowest BCUT2D eigenvalue weighted by molar-refractivity contribution is -0.129. The largest absolute Gasteiger partial charge is 0.381 e. The summed E-state index contributed by atoms with van der Waals surface area (Å²) < 4.78 is 10.5. The van der Waals surface area contributed by atoms with E-state index in [1.807, 2.05) is 0 Å². The minimum Gasteiger partial charge on any atom is -0.381 e. The van der Waals surface area contributed by atoms with E-state index < -0.39 is 5.54 Å². The summed E-state index contributed by atoms with van der Waals surface area (Å²) in [5.74, 6) is -0.0590. The zero-order valence-electron chi connectivity index (χ0n) is 10.7. The third kappa shape index (κ3) is 5.02. The van der Waals surface area contributed by atoms with E-state index in [1.54, 1.807) is 0 Å². The second kappa shape index (κ2) is 7.63. The van der Waals surface area contributed by atoms with Gasteiger partial charge in [-0.2, -0.15) is 0 Å². The number of hydrogen-bond acceptors (Lipinski definition) is 4. The highest BCUT2D eigenvalue weighted by Gasteiger charge is 2.35. The molecule has 1 heterocycles. The maximum Gasteiger partial charge on any atom is 0.240 e. The number of ether oxygens (including phenoxy) is 2. The van der Waals surface area contributed by atoms with Crippen molar-refractivity contribution in [3.05, 3.63) is 0 Å². The number of nitrogens with two attached hydrogens (primary N) is 1. The van der Waals surface area contributed by atoms with E-state index in [0.717, 1.165) is 19.4 Å². The van der Waals surface area contributed by atoms with Crippen molar-refractivity contribution in [1.82, 2.24) is 5.32 Å². The third-order valence-corrected chi connectivity index (χ3v) is 2.94. The van der Waals surface area contributed by atoms with E-state index in [-0.39, 0.29) is 5.91 Å². The molecule has 1 saturated heterocycles. The second-order valence-electron chi connectivity index (χ2n) is 4.49. The SMILES string of the molecule is CCCOCCCNC(=O)C1(N)CCOCC1. The molecular weight excluding hydrogens is 220 g/mol. The quantitative estimate of drug-likeness (QED) is 0.637. The molecule has 0 aromatic heterocycles. The molecule has 100 valence electrons. The van der Waals surface area contributed by atoms with Crippen LogP contribution in [-0.4, -0.2) is 44.4 Å². The molecular formula is C12H24N2O3. The topological polar surface area (TPSA) is 73.6 Å². The standard InChI is InChI=1S/C12H24N2O3/c1-2-7-16-8-3-6-14-11(15)12(13)4-9-17-10-5-12/h2-10,13H2,1H3,(H,14,15). The van der Waals surface area contributed by atoms with Crippen LogP contribution in [0.2, 0.25) is 0 Å². The van der Waals surface area contributed by atoms with Crippen molar-refractivity contribution in [3.63, 3.8) is 0 Å². The van der Waals surface area contributed by atoms with Gasteiger partial charge < -0.3 is 20.5 Å². The van der Waals surface area contributed by atoms with Crippen LogP contribution in [0.25, 0.3) is 0 Å². The number of hydrogen-bond donors (Lipinski definition) is 2. The Morgan fingerprint density at radius 1 is 1.41 bits per heavy atom. The Morgan fingerprint density at radius 3 is 2.76 bits per heavy atom. The van der Waals surface area contributed by atoms with Gasteiger partial charge in [-0.1, -0.05) is 6.92 Å². The van der Waals surface area contributed by atoms with E-state index in [9.17, 15) is 4.79 Å². The summed E-state index contributed by atoms with van der Waals surface area (Å²) in [6.45, 7) is 5.32. The summed E-state index contributed by atoms with van der Waals surface area (Å²) in [4.78, 5) is 11.9. The van der Waals surface area contributed by atoms with Crippen molar-refractivity contribution in [1.29, 1.82) is 0 Å². The van der Waals surface area contributed by atoms with Gasteiger partial charge in [-0.15, -0.1) is 0 Å². The highest BCUT2D eigenvalue weighted by molar-refractivity contribution is 5.86. The van der Waals surface area contributed by atoms with Gasteiger partial charge in [0.2, 0.25) is 5.91 Å². The third-order valence-electron chi connectivity index (χ3n) is 2.94. The Balaban J connectivity index is 2.11. The Kier molecular flexibility index (Phi) is 6.47. The highest BCUT2D eigenvalue weighted by Crippen LogP contribution is 2.17. The van der Waals surface area contributed by atoms with Gasteiger partial charge in [0.1, 0.15) is 0 Å². The normalized spacial score (nSPS) is 18.9. The monoisotopic (exact) mass is 244 g/mol. The van der Waals surface area contributed by atoms with Crippen LogP contribution in [0.4, 0.5) is 0 Å². The first kappa shape index (κ1) is 14.4. The average molecular weight is 244 g/mol. The van der Waals surface area contributed by atoms with Crippen LogP contribution < -0.4 is 11.1 Å². The molecule has 0 aromatic carbocycles. The summed E-state index contributed by atoms with van der Waals surface area (Å²) >= 11 is 0. The number of carbonyl (C=O) groups is 1. The minimum atomic E-state index is -0.734. The van der Waals surface area contributed by atoms with Crippen LogP contribution in [0.15, 0.2) is 0 Å². The molecule has 1 aliphatic rings. The van der Waals surface area contributed by atoms with Crippen molar-refractivity contribution in [3.8, 4) is 0 Å². The predicted molar refractivity (Wildman–Crippen MR) is 65.7 cm³/mol. The van der Waals surface area contributed by atoms with Gasteiger partial charge in [0, 0.05) is 33.0 Å². The molecule has 1 amide bonds. The molecule has 3 N–H and O–H groups in total. The van der Waals surface area contributed by atoms with Crippen LogP contribution in [0, 0.1) is 0 Å². The molecule has 1 fully saturated rings. The van der Waals surface area contributed by atoms with Crippen molar-refractivity contribution >= 4 is 5.91 Å². The first-order chi connectivity index (χ1) is 8.19. The average Bonchev–Trinajstić information content (AvgIpc) is 2.34. The lowest BCUT2D eigenvalue weighted by Crippen LogP contribution is -2.57. The summed E-state index contributed by atoms with van der Waals surface area (Å²) in [6, 6.07) is 0. The van der Waals surface area contributed by atoms with Crippen LogP contribution in [0.1, 0.15) is 32.6 Å². The van der Waals surface area contributed by atoms with Crippen molar-refractivity contribution in [2.45, 2.75) is 38.1 Å². The lowest BCUT2D eigenvalue weighted by Gasteiger charge is -2.31. The molecule has 1 aliphatic heterocycles. The van der Waals surface area contributed by atoms with Gasteiger partial charge in [0.05, 0.1) is 5.54 Å². The molecule has 1 rings (SSSR count). The molecule has 0 bridgehead atoms. The Bertz CT molecular complexity index is 228. The van der Waals surface area contributed by atoms with Crippen LogP contribution in [0.5, 0.6) is 0 Å². The molecule has 0 atom stereocenters. The fourth-order valence-corrected chi connectivity index (χ4v) is 1.76. The first-order valence-corrected chi connectivity index (χ1v) is 6.42. The fourth-order valence-electron chi connectivity index (χ4n) is 1.76. The summed E-state index contributed by atoms with van der Waals surface area (Å²) in [7, 11) is 0. The molecule has 0 aromatic rings. The molecule has 5 nitrogen and oxygen atoms in total. The van der Waals surface area contributed by atoms with Crippen LogP contribution in [-0.2, 0) is 14.3 Å². The van der Waals surface area contributed by atoms with Crippen molar-refractivity contribution in [2.75, 3.05) is 33.0 Å². The smallest absolute Gasteiger partial charge is 0.240 e. The molecule has 0 unspecified atom stereocenters. The molecule has 0 aliphatic carbocycles. The fraction of sp³-hybridized carbons (Fsp3) is 0.917. The van der Waals surface area contributed by atoms with Crippen LogP contribution >= 0.6 is 0 Å². The molecule has 0 spiro atoms. The maximum atomic E-state index is 11.9. The maximum absolute atomic E-state index is 11.9.